The Hall–Kier alpha value is -3.85. The first-order chi connectivity index (χ1) is 16.3. The molecule has 2 heterocycles. The van der Waals surface area contributed by atoms with Gasteiger partial charge in [-0.05, 0) is 78.8 Å². The SMILES string of the molecule is O=C/C=C\C=C/Cn1c2ccccc2c2cc(-c3ccc4[nH]c5c(c4c3)CCCC5)ccc21. The molecule has 0 bridgehead atoms. The summed E-state index contributed by atoms with van der Waals surface area (Å²) in [5.41, 5.74) is 9.19. The third-order valence-corrected chi connectivity index (χ3v) is 6.93. The molecule has 3 nitrogen and oxygen atoms in total. The van der Waals surface area contributed by atoms with E-state index in [2.05, 4.69) is 76.3 Å². The zero-order valence-electron chi connectivity index (χ0n) is 18.6. The molecule has 1 N–H and O–H groups in total. The van der Waals surface area contributed by atoms with Gasteiger partial charge in [-0.15, -0.1) is 0 Å². The number of carbonyl (C=O) groups is 1. The molecule has 162 valence electrons. The molecule has 0 fully saturated rings. The molecule has 6 rings (SSSR count). The van der Waals surface area contributed by atoms with Crippen LogP contribution in [0.3, 0.4) is 0 Å². The number of nitrogens with one attached hydrogen (secondary N) is 1. The Bertz CT molecular complexity index is 1560. The van der Waals surface area contributed by atoms with Crippen LogP contribution in [0.5, 0.6) is 0 Å². The molecule has 0 saturated heterocycles. The van der Waals surface area contributed by atoms with Gasteiger partial charge in [-0.3, -0.25) is 4.79 Å². The maximum Gasteiger partial charge on any atom is 0.142 e. The van der Waals surface area contributed by atoms with Gasteiger partial charge in [0.2, 0.25) is 0 Å². The summed E-state index contributed by atoms with van der Waals surface area (Å²) in [6.45, 7) is 0.758. The summed E-state index contributed by atoms with van der Waals surface area (Å²) in [6.07, 6.45) is 13.0. The van der Waals surface area contributed by atoms with Crippen LogP contribution in [-0.2, 0) is 24.2 Å². The van der Waals surface area contributed by atoms with E-state index in [1.807, 2.05) is 6.08 Å². The number of benzene rings is 3. The largest absolute Gasteiger partial charge is 0.358 e. The molecule has 3 aromatic carbocycles. The summed E-state index contributed by atoms with van der Waals surface area (Å²) in [5.74, 6) is 0. The van der Waals surface area contributed by atoms with E-state index < -0.39 is 0 Å². The van der Waals surface area contributed by atoms with Crippen molar-refractivity contribution < 1.29 is 4.79 Å². The lowest BCUT2D eigenvalue weighted by atomic mass is 9.94. The molecule has 0 unspecified atom stereocenters. The minimum absolute atomic E-state index is 0.758. The molecule has 0 aliphatic heterocycles. The van der Waals surface area contributed by atoms with Crippen LogP contribution in [0.4, 0.5) is 0 Å². The summed E-state index contributed by atoms with van der Waals surface area (Å²) in [5, 5.41) is 3.93. The molecule has 0 saturated carbocycles. The quantitative estimate of drug-likeness (QED) is 0.180. The van der Waals surface area contributed by atoms with Crippen molar-refractivity contribution in [3.05, 3.63) is 96.2 Å². The van der Waals surface area contributed by atoms with Gasteiger partial charge in [0.25, 0.3) is 0 Å². The monoisotopic (exact) mass is 430 g/mol. The van der Waals surface area contributed by atoms with Crippen molar-refractivity contribution in [2.24, 2.45) is 0 Å². The average molecular weight is 431 g/mol. The highest BCUT2D eigenvalue weighted by Crippen LogP contribution is 2.35. The maximum absolute atomic E-state index is 10.5. The molecule has 2 aromatic heterocycles. The number of hydrogen-bond acceptors (Lipinski definition) is 1. The topological polar surface area (TPSA) is 37.8 Å². The summed E-state index contributed by atoms with van der Waals surface area (Å²) in [7, 11) is 0. The fraction of sp³-hybridized carbons (Fsp3) is 0.167. The highest BCUT2D eigenvalue weighted by atomic mass is 16.1. The first kappa shape index (κ1) is 19.8. The molecule has 0 spiro atoms. The number of aldehydes is 1. The standard InChI is InChI=1S/C30H26N2O/c33-18-8-2-1-7-17-32-29-12-6-4-10-24(29)26-20-22(14-16-30(26)32)21-13-15-28-25(19-21)23-9-3-5-11-27(23)31-28/h1-2,4,6-8,10,12-16,18-20,31H,3,5,9,11,17H2/b7-1-,8-2-. The second-order valence-corrected chi connectivity index (χ2v) is 8.86. The van der Waals surface area contributed by atoms with Crippen LogP contribution in [0.15, 0.2) is 85.0 Å². The normalized spacial score (nSPS) is 14.2. The predicted molar refractivity (Wildman–Crippen MR) is 138 cm³/mol. The van der Waals surface area contributed by atoms with Gasteiger partial charge in [-0.2, -0.15) is 0 Å². The van der Waals surface area contributed by atoms with Crippen molar-refractivity contribution >= 4 is 39.0 Å². The van der Waals surface area contributed by atoms with Gasteiger partial charge < -0.3 is 9.55 Å². The third kappa shape index (κ3) is 3.41. The van der Waals surface area contributed by atoms with Crippen LogP contribution >= 0.6 is 0 Å². The number of aryl methyl sites for hydroxylation is 2. The van der Waals surface area contributed by atoms with Gasteiger partial charge in [-0.25, -0.2) is 0 Å². The zero-order chi connectivity index (χ0) is 22.2. The Morgan fingerprint density at radius 3 is 2.48 bits per heavy atom. The van der Waals surface area contributed by atoms with Crippen LogP contribution in [-0.4, -0.2) is 15.8 Å². The van der Waals surface area contributed by atoms with Gasteiger partial charge in [-0.1, -0.05) is 48.6 Å². The Morgan fingerprint density at radius 1 is 0.788 bits per heavy atom. The van der Waals surface area contributed by atoms with E-state index in [1.165, 1.54) is 86.9 Å². The molecule has 33 heavy (non-hydrogen) atoms. The van der Waals surface area contributed by atoms with Gasteiger partial charge in [0.15, 0.2) is 0 Å². The number of allylic oxidation sites excluding steroid dienone is 4. The average Bonchev–Trinajstić information content (AvgIpc) is 3.39. The predicted octanol–water partition coefficient (Wildman–Crippen LogP) is 7.13. The summed E-state index contributed by atoms with van der Waals surface area (Å²) in [6, 6.07) is 22.3. The van der Waals surface area contributed by atoms with E-state index in [9.17, 15) is 4.79 Å². The van der Waals surface area contributed by atoms with Crippen molar-refractivity contribution in [2.75, 3.05) is 0 Å². The van der Waals surface area contributed by atoms with Crippen LogP contribution < -0.4 is 0 Å². The Morgan fingerprint density at radius 2 is 1.58 bits per heavy atom. The van der Waals surface area contributed by atoms with Gasteiger partial charge in [0, 0.05) is 44.9 Å². The van der Waals surface area contributed by atoms with Gasteiger partial charge in [0.05, 0.1) is 0 Å². The van der Waals surface area contributed by atoms with Crippen molar-refractivity contribution in [3.63, 3.8) is 0 Å². The molecular formula is C30H26N2O. The number of fused-ring (bicyclic) bond motifs is 6. The number of para-hydroxylation sites is 1. The molecule has 0 radical (unpaired) electrons. The molecule has 3 heteroatoms. The maximum atomic E-state index is 10.5. The van der Waals surface area contributed by atoms with Crippen molar-refractivity contribution in [1.29, 1.82) is 0 Å². The first-order valence-corrected chi connectivity index (χ1v) is 11.8. The van der Waals surface area contributed by atoms with Crippen molar-refractivity contribution in [1.82, 2.24) is 9.55 Å². The minimum Gasteiger partial charge on any atom is -0.358 e. The Labute approximate surface area is 193 Å². The number of aromatic nitrogens is 2. The van der Waals surface area contributed by atoms with E-state index >= 15 is 0 Å². The first-order valence-electron chi connectivity index (χ1n) is 11.8. The lowest BCUT2D eigenvalue weighted by molar-refractivity contribution is -0.104. The number of H-pyrrole nitrogens is 1. The van der Waals surface area contributed by atoms with Crippen molar-refractivity contribution in [3.8, 4) is 11.1 Å². The zero-order valence-corrected chi connectivity index (χ0v) is 18.6. The molecule has 0 amide bonds. The molecule has 1 aliphatic rings. The number of nitrogens with zero attached hydrogens (tertiary/aromatic N) is 1. The summed E-state index contributed by atoms with van der Waals surface area (Å²) >= 11 is 0. The fourth-order valence-corrected chi connectivity index (χ4v) is 5.37. The van der Waals surface area contributed by atoms with E-state index in [1.54, 1.807) is 6.08 Å². The molecule has 0 atom stereocenters. The van der Waals surface area contributed by atoms with Crippen LogP contribution in [0, 0.1) is 0 Å². The highest BCUT2D eigenvalue weighted by molar-refractivity contribution is 6.09. The summed E-state index contributed by atoms with van der Waals surface area (Å²) in [4.78, 5) is 14.1. The van der Waals surface area contributed by atoms with E-state index in [-0.39, 0.29) is 0 Å². The Balaban J connectivity index is 1.46. The fourth-order valence-electron chi connectivity index (χ4n) is 5.37. The van der Waals surface area contributed by atoms with Gasteiger partial charge >= 0.3 is 0 Å². The third-order valence-electron chi connectivity index (χ3n) is 6.93. The molecular weight excluding hydrogens is 404 g/mol. The second kappa shape index (κ2) is 8.25. The van der Waals surface area contributed by atoms with Crippen LogP contribution in [0.2, 0.25) is 0 Å². The van der Waals surface area contributed by atoms with Gasteiger partial charge in [0.1, 0.15) is 6.29 Å². The second-order valence-electron chi connectivity index (χ2n) is 8.86. The lowest BCUT2D eigenvalue weighted by Crippen LogP contribution is -1.99. The number of carbonyl (C=O) groups excluding carboxylic acids is 1. The molecule has 1 aliphatic carbocycles. The van der Waals surface area contributed by atoms with Crippen LogP contribution in [0.1, 0.15) is 24.1 Å². The number of rotatable bonds is 5. The Kier molecular flexibility index (Phi) is 4.95. The van der Waals surface area contributed by atoms with E-state index in [4.69, 9.17) is 0 Å². The number of hydrogen-bond donors (Lipinski definition) is 1. The minimum atomic E-state index is 0.758. The van der Waals surface area contributed by atoms with E-state index in [0.717, 1.165) is 12.8 Å². The van der Waals surface area contributed by atoms with E-state index in [0.29, 0.717) is 0 Å². The smallest absolute Gasteiger partial charge is 0.142 e. The highest BCUT2D eigenvalue weighted by Gasteiger charge is 2.16. The van der Waals surface area contributed by atoms with Crippen molar-refractivity contribution in [2.45, 2.75) is 32.2 Å². The van der Waals surface area contributed by atoms with Crippen LogP contribution in [0.25, 0.3) is 43.8 Å². The number of aromatic amines is 1. The summed E-state index contributed by atoms with van der Waals surface area (Å²) < 4.78 is 2.34. The molecule has 5 aromatic rings. The lowest BCUT2D eigenvalue weighted by Gasteiger charge is -2.10.